The molecule has 0 bridgehead atoms. The zero-order chi connectivity index (χ0) is 11.0. The van der Waals surface area contributed by atoms with Gasteiger partial charge in [0.05, 0.1) is 5.52 Å². The first-order valence-corrected chi connectivity index (χ1v) is 5.05. The fourth-order valence-corrected chi connectivity index (χ4v) is 1.65. The third-order valence-electron chi connectivity index (χ3n) is 2.26. The lowest BCUT2D eigenvalue weighted by atomic mass is 10.1. The Morgan fingerprint density at radius 1 is 1.19 bits per heavy atom. The number of rotatable bonds is 1. The molecule has 0 aliphatic heterocycles. The Hall–Kier alpha value is -1.94. The monoisotopic (exact) mass is 231 g/mol. The maximum atomic E-state index is 5.58. The van der Waals surface area contributed by atoms with E-state index >= 15 is 0 Å². The van der Waals surface area contributed by atoms with Crippen LogP contribution in [0.4, 0.5) is 0 Å². The molecule has 0 atom stereocenters. The first-order valence-electron chi connectivity index (χ1n) is 4.67. The minimum Gasteiger partial charge on any atom is -0.321 e. The summed E-state index contributed by atoms with van der Waals surface area (Å²) < 4.78 is 4.72. The van der Waals surface area contributed by atoms with E-state index in [4.69, 9.17) is 16.1 Å². The highest BCUT2D eigenvalue weighted by Crippen LogP contribution is 2.21. The molecule has 0 aliphatic carbocycles. The average Bonchev–Trinajstić information content (AvgIpc) is 2.75. The van der Waals surface area contributed by atoms with Gasteiger partial charge in [0.2, 0.25) is 5.82 Å². The van der Waals surface area contributed by atoms with Crippen molar-refractivity contribution in [2.24, 2.45) is 0 Å². The Kier molecular flexibility index (Phi) is 2.08. The van der Waals surface area contributed by atoms with Gasteiger partial charge in [-0.1, -0.05) is 11.2 Å². The van der Waals surface area contributed by atoms with E-state index in [1.54, 1.807) is 6.20 Å². The molecular formula is C11H6ClN3O. The van der Waals surface area contributed by atoms with E-state index in [0.29, 0.717) is 5.82 Å². The second-order valence-electron chi connectivity index (χ2n) is 3.28. The van der Waals surface area contributed by atoms with Crippen molar-refractivity contribution in [1.82, 2.24) is 15.1 Å². The second kappa shape index (κ2) is 3.57. The van der Waals surface area contributed by atoms with E-state index < -0.39 is 0 Å². The summed E-state index contributed by atoms with van der Waals surface area (Å²) in [5.74, 6) is 0.482. The lowest BCUT2D eigenvalue weighted by Crippen LogP contribution is -1.82. The van der Waals surface area contributed by atoms with Crippen LogP contribution >= 0.6 is 11.6 Å². The summed E-state index contributed by atoms with van der Waals surface area (Å²) in [6.45, 7) is 0. The molecule has 0 N–H and O–H groups in total. The highest BCUT2D eigenvalue weighted by Gasteiger charge is 2.07. The van der Waals surface area contributed by atoms with Gasteiger partial charge in [-0.3, -0.25) is 4.98 Å². The van der Waals surface area contributed by atoms with Gasteiger partial charge in [-0.05, 0) is 35.9 Å². The first-order chi connectivity index (χ1) is 7.83. The lowest BCUT2D eigenvalue weighted by Gasteiger charge is -1.98. The van der Waals surface area contributed by atoms with E-state index in [1.165, 1.54) is 0 Å². The zero-order valence-electron chi connectivity index (χ0n) is 8.09. The Balaban J connectivity index is 2.18. The van der Waals surface area contributed by atoms with Gasteiger partial charge in [-0.25, -0.2) is 0 Å². The number of benzene rings is 1. The van der Waals surface area contributed by atoms with E-state index in [2.05, 4.69) is 15.1 Å². The Bertz CT molecular complexity index is 650. The summed E-state index contributed by atoms with van der Waals surface area (Å²) in [7, 11) is 0. The number of halogens is 1. The molecular weight excluding hydrogens is 226 g/mol. The molecule has 0 fully saturated rings. The summed E-state index contributed by atoms with van der Waals surface area (Å²) in [4.78, 5) is 8.19. The minimum atomic E-state index is 0.0429. The molecule has 0 aliphatic rings. The molecule has 16 heavy (non-hydrogen) atoms. The van der Waals surface area contributed by atoms with Crippen molar-refractivity contribution in [2.45, 2.75) is 0 Å². The van der Waals surface area contributed by atoms with Crippen LogP contribution in [0.25, 0.3) is 22.3 Å². The van der Waals surface area contributed by atoms with Gasteiger partial charge in [0.15, 0.2) is 0 Å². The van der Waals surface area contributed by atoms with Crippen molar-refractivity contribution in [3.05, 3.63) is 41.9 Å². The fraction of sp³-hybridized carbons (Fsp3) is 0. The molecule has 2 heterocycles. The zero-order valence-corrected chi connectivity index (χ0v) is 8.85. The van der Waals surface area contributed by atoms with Crippen molar-refractivity contribution in [3.63, 3.8) is 0 Å². The van der Waals surface area contributed by atoms with Crippen LogP contribution in [0.2, 0.25) is 5.35 Å². The second-order valence-corrected chi connectivity index (χ2v) is 3.61. The first kappa shape index (κ1) is 9.30. The van der Waals surface area contributed by atoms with Crippen molar-refractivity contribution in [1.29, 1.82) is 0 Å². The molecule has 4 nitrogen and oxygen atoms in total. The van der Waals surface area contributed by atoms with Gasteiger partial charge in [0.25, 0.3) is 0 Å². The van der Waals surface area contributed by atoms with Crippen LogP contribution in [0.1, 0.15) is 0 Å². The third kappa shape index (κ3) is 1.53. The lowest BCUT2D eigenvalue weighted by molar-refractivity contribution is 0.421. The van der Waals surface area contributed by atoms with Gasteiger partial charge in [0, 0.05) is 17.1 Å². The summed E-state index contributed by atoms with van der Waals surface area (Å²) in [6, 6.07) is 9.61. The average molecular weight is 232 g/mol. The van der Waals surface area contributed by atoms with Crippen molar-refractivity contribution in [3.8, 4) is 11.4 Å². The molecule has 0 unspecified atom stereocenters. The van der Waals surface area contributed by atoms with Crippen LogP contribution in [-0.4, -0.2) is 15.1 Å². The highest BCUT2D eigenvalue weighted by atomic mass is 35.5. The molecule has 0 radical (unpaired) electrons. The van der Waals surface area contributed by atoms with Crippen LogP contribution in [0.15, 0.2) is 41.1 Å². The van der Waals surface area contributed by atoms with Crippen molar-refractivity contribution >= 4 is 22.5 Å². The van der Waals surface area contributed by atoms with Crippen molar-refractivity contribution in [2.75, 3.05) is 0 Å². The van der Waals surface area contributed by atoms with Gasteiger partial charge >= 0.3 is 5.35 Å². The quantitative estimate of drug-likeness (QED) is 0.646. The normalized spacial score (nSPS) is 10.8. The van der Waals surface area contributed by atoms with E-state index in [1.807, 2.05) is 30.3 Å². The summed E-state index contributed by atoms with van der Waals surface area (Å²) in [5.41, 5.74) is 1.79. The summed E-state index contributed by atoms with van der Waals surface area (Å²) >= 11 is 5.58. The van der Waals surface area contributed by atoms with Crippen LogP contribution in [-0.2, 0) is 0 Å². The Morgan fingerprint density at radius 2 is 2.12 bits per heavy atom. The maximum absolute atomic E-state index is 5.58. The predicted octanol–water partition coefficient (Wildman–Crippen LogP) is 2.94. The van der Waals surface area contributed by atoms with E-state index in [0.717, 1.165) is 16.5 Å². The topological polar surface area (TPSA) is 51.8 Å². The molecule has 0 saturated carbocycles. The Morgan fingerprint density at radius 3 is 2.94 bits per heavy atom. The molecule has 3 rings (SSSR count). The molecule has 0 spiro atoms. The number of fused-ring (bicyclic) bond motifs is 1. The van der Waals surface area contributed by atoms with Gasteiger partial charge in [0.1, 0.15) is 0 Å². The molecule has 5 heteroatoms. The standard InChI is InChI=1S/C11H6ClN3O/c12-11-14-10(15-16-11)8-3-4-9-7(6-8)2-1-5-13-9/h1-6H. The van der Waals surface area contributed by atoms with Gasteiger partial charge in [-0.15, -0.1) is 0 Å². The number of pyridine rings is 1. The molecule has 3 aromatic rings. The summed E-state index contributed by atoms with van der Waals surface area (Å²) in [5, 5.41) is 4.83. The summed E-state index contributed by atoms with van der Waals surface area (Å²) in [6.07, 6.45) is 1.76. The largest absolute Gasteiger partial charge is 0.321 e. The molecule has 2 aromatic heterocycles. The molecule has 0 amide bonds. The highest BCUT2D eigenvalue weighted by molar-refractivity contribution is 6.27. The van der Waals surface area contributed by atoms with E-state index in [9.17, 15) is 0 Å². The molecule has 1 aromatic carbocycles. The maximum Gasteiger partial charge on any atom is 0.320 e. The third-order valence-corrected chi connectivity index (χ3v) is 2.42. The van der Waals surface area contributed by atoms with Crippen LogP contribution in [0.5, 0.6) is 0 Å². The van der Waals surface area contributed by atoms with Crippen LogP contribution in [0, 0.1) is 0 Å². The SMILES string of the molecule is Clc1nc(-c2ccc3ncccc3c2)no1. The number of hydrogen-bond acceptors (Lipinski definition) is 4. The number of aromatic nitrogens is 3. The van der Waals surface area contributed by atoms with Gasteiger partial charge < -0.3 is 4.52 Å². The van der Waals surface area contributed by atoms with E-state index in [-0.39, 0.29) is 5.35 Å². The fourth-order valence-electron chi connectivity index (χ4n) is 1.54. The van der Waals surface area contributed by atoms with Crippen molar-refractivity contribution < 1.29 is 4.52 Å². The molecule has 0 saturated heterocycles. The molecule has 78 valence electrons. The minimum absolute atomic E-state index is 0.0429. The predicted molar refractivity (Wildman–Crippen MR) is 60.0 cm³/mol. The van der Waals surface area contributed by atoms with Crippen LogP contribution < -0.4 is 0 Å². The van der Waals surface area contributed by atoms with Gasteiger partial charge in [-0.2, -0.15) is 4.98 Å². The number of hydrogen-bond donors (Lipinski definition) is 0. The van der Waals surface area contributed by atoms with Crippen LogP contribution in [0.3, 0.4) is 0 Å². The smallest absolute Gasteiger partial charge is 0.320 e. The Labute approximate surface area is 95.9 Å². The number of nitrogens with zero attached hydrogens (tertiary/aromatic N) is 3.